The molecule has 122 valence electrons. The van der Waals surface area contributed by atoms with Crippen molar-refractivity contribution in [3.05, 3.63) is 24.4 Å². The summed E-state index contributed by atoms with van der Waals surface area (Å²) in [6.45, 7) is 2.45. The molecule has 3 rings (SSSR count). The van der Waals surface area contributed by atoms with Crippen molar-refractivity contribution in [2.45, 2.75) is 0 Å². The molecule has 0 bridgehead atoms. The van der Waals surface area contributed by atoms with Gasteiger partial charge in [-0.05, 0) is 18.2 Å². The first-order valence-electron chi connectivity index (χ1n) is 7.38. The summed E-state index contributed by atoms with van der Waals surface area (Å²) in [5, 5.41) is 10.6. The molecule has 1 aliphatic heterocycles. The van der Waals surface area contributed by atoms with Gasteiger partial charge >= 0.3 is 0 Å². The molecule has 7 nitrogen and oxygen atoms in total. The summed E-state index contributed by atoms with van der Waals surface area (Å²) in [5.74, 6) is 0.506. The lowest BCUT2D eigenvalue weighted by atomic mass is 10.2. The predicted octanol–water partition coefficient (Wildman–Crippen LogP) is 1.09. The molecule has 23 heavy (non-hydrogen) atoms. The summed E-state index contributed by atoms with van der Waals surface area (Å²) in [7, 11) is 0. The van der Waals surface area contributed by atoms with E-state index in [1.807, 2.05) is 18.2 Å². The fourth-order valence-electron chi connectivity index (χ4n) is 2.35. The fourth-order valence-corrected chi connectivity index (χ4v) is 3.07. The Balaban J connectivity index is 1.43. The molecule has 2 aromatic rings. The average molecular weight is 334 g/mol. The van der Waals surface area contributed by atoms with Crippen LogP contribution in [0.5, 0.6) is 0 Å². The van der Waals surface area contributed by atoms with Gasteiger partial charge in [-0.25, -0.2) is 0 Å². The van der Waals surface area contributed by atoms with Crippen LogP contribution in [0.25, 0.3) is 10.9 Å². The number of fused-ring (bicyclic) bond motifs is 1. The molecule has 0 spiro atoms. The van der Waals surface area contributed by atoms with Gasteiger partial charge in [0.15, 0.2) is 0 Å². The second kappa shape index (κ2) is 7.47. The second-order valence-corrected chi connectivity index (χ2v) is 6.19. The number of hydrogen-bond acceptors (Lipinski definition) is 5. The van der Waals surface area contributed by atoms with Crippen molar-refractivity contribution in [1.82, 2.24) is 15.1 Å². The zero-order valence-corrected chi connectivity index (χ0v) is 13.4. The fraction of sp³-hybridized carbons (Fsp3) is 0.400. The van der Waals surface area contributed by atoms with Crippen LogP contribution in [0.3, 0.4) is 0 Å². The maximum absolute atomic E-state index is 12.0. The molecule has 2 N–H and O–H groups in total. The van der Waals surface area contributed by atoms with E-state index in [4.69, 9.17) is 4.74 Å². The Bertz CT molecular complexity index is 697. The van der Waals surface area contributed by atoms with Crippen LogP contribution in [0.15, 0.2) is 24.4 Å². The van der Waals surface area contributed by atoms with Crippen molar-refractivity contribution in [2.75, 3.05) is 43.1 Å². The number of anilines is 1. The van der Waals surface area contributed by atoms with Crippen LogP contribution in [0.2, 0.25) is 0 Å². The van der Waals surface area contributed by atoms with Gasteiger partial charge in [-0.3, -0.25) is 14.7 Å². The molecule has 1 aromatic carbocycles. The first-order valence-corrected chi connectivity index (χ1v) is 8.54. The number of amides is 2. The molecule has 0 saturated carbocycles. The van der Waals surface area contributed by atoms with Gasteiger partial charge in [0.1, 0.15) is 0 Å². The van der Waals surface area contributed by atoms with E-state index in [2.05, 4.69) is 15.5 Å². The molecule has 0 unspecified atom stereocenters. The number of hydrogen-bond donors (Lipinski definition) is 2. The lowest BCUT2D eigenvalue weighted by molar-refractivity contribution is -0.132. The zero-order valence-electron chi connectivity index (χ0n) is 12.6. The third kappa shape index (κ3) is 4.23. The summed E-state index contributed by atoms with van der Waals surface area (Å²) >= 11 is 1.33. The Morgan fingerprint density at radius 3 is 2.96 bits per heavy atom. The van der Waals surface area contributed by atoms with Gasteiger partial charge in [0.2, 0.25) is 11.8 Å². The van der Waals surface area contributed by atoms with Gasteiger partial charge in [0, 0.05) is 24.2 Å². The van der Waals surface area contributed by atoms with E-state index in [1.165, 1.54) is 11.8 Å². The van der Waals surface area contributed by atoms with Crippen molar-refractivity contribution in [2.24, 2.45) is 0 Å². The maximum atomic E-state index is 12.0. The summed E-state index contributed by atoms with van der Waals surface area (Å²) in [4.78, 5) is 25.7. The first-order chi connectivity index (χ1) is 11.2. The normalized spacial score (nSPS) is 14.9. The number of morpholine rings is 1. The highest BCUT2D eigenvalue weighted by Crippen LogP contribution is 2.17. The molecular formula is C15H18N4O3S. The van der Waals surface area contributed by atoms with Gasteiger partial charge in [0.05, 0.1) is 36.4 Å². The molecular weight excluding hydrogens is 316 g/mol. The highest BCUT2D eigenvalue weighted by Gasteiger charge is 2.16. The van der Waals surface area contributed by atoms with Crippen LogP contribution in [0.4, 0.5) is 5.69 Å². The highest BCUT2D eigenvalue weighted by atomic mass is 32.2. The monoisotopic (exact) mass is 334 g/mol. The molecule has 1 saturated heterocycles. The molecule has 1 aliphatic rings. The van der Waals surface area contributed by atoms with Crippen LogP contribution >= 0.6 is 11.8 Å². The number of carbonyl (C=O) groups excluding carboxylic acids is 2. The summed E-state index contributed by atoms with van der Waals surface area (Å²) < 4.78 is 5.21. The molecule has 1 fully saturated rings. The number of carbonyl (C=O) groups is 2. The molecule has 2 heterocycles. The Morgan fingerprint density at radius 1 is 1.30 bits per heavy atom. The first kappa shape index (κ1) is 15.8. The minimum atomic E-state index is -0.118. The number of rotatable bonds is 5. The molecule has 0 aliphatic carbocycles. The van der Waals surface area contributed by atoms with Gasteiger partial charge in [-0.2, -0.15) is 5.10 Å². The SMILES string of the molecule is O=C(CSCC(=O)N1CCOCC1)Nc1ccc2[nH]ncc2c1. The van der Waals surface area contributed by atoms with Crippen LogP contribution in [-0.2, 0) is 14.3 Å². The number of H-pyrrole nitrogens is 1. The molecule has 8 heteroatoms. The van der Waals surface area contributed by atoms with Gasteiger partial charge in [0.25, 0.3) is 0 Å². The standard InChI is InChI=1S/C15H18N4O3S/c20-14(9-23-10-15(21)19-3-5-22-6-4-19)17-12-1-2-13-11(7-12)8-16-18-13/h1-2,7-8H,3-6,9-10H2,(H,16,18)(H,17,20). The van der Waals surface area contributed by atoms with E-state index < -0.39 is 0 Å². The number of benzene rings is 1. The summed E-state index contributed by atoms with van der Waals surface area (Å²) in [6.07, 6.45) is 1.71. The van der Waals surface area contributed by atoms with Gasteiger partial charge in [-0.15, -0.1) is 11.8 Å². The van der Waals surface area contributed by atoms with E-state index in [1.54, 1.807) is 11.1 Å². The van der Waals surface area contributed by atoms with Crippen molar-refractivity contribution < 1.29 is 14.3 Å². The number of nitrogens with one attached hydrogen (secondary N) is 2. The van der Waals surface area contributed by atoms with Crippen LogP contribution in [-0.4, -0.2) is 64.7 Å². The van der Waals surface area contributed by atoms with Crippen molar-refractivity contribution in [3.8, 4) is 0 Å². The minimum absolute atomic E-state index is 0.0610. The molecule has 2 amide bonds. The van der Waals surface area contributed by atoms with E-state index in [-0.39, 0.29) is 17.6 Å². The number of nitrogens with zero attached hydrogens (tertiary/aromatic N) is 2. The van der Waals surface area contributed by atoms with E-state index in [0.29, 0.717) is 32.1 Å². The van der Waals surface area contributed by atoms with E-state index in [0.717, 1.165) is 16.6 Å². The Hall–Kier alpha value is -2.06. The quantitative estimate of drug-likeness (QED) is 0.855. The number of ether oxygens (including phenoxy) is 1. The van der Waals surface area contributed by atoms with Gasteiger partial charge < -0.3 is 15.0 Å². The van der Waals surface area contributed by atoms with Crippen molar-refractivity contribution in [1.29, 1.82) is 0 Å². The Morgan fingerprint density at radius 2 is 2.13 bits per heavy atom. The van der Waals surface area contributed by atoms with Gasteiger partial charge in [-0.1, -0.05) is 0 Å². The van der Waals surface area contributed by atoms with Crippen LogP contribution < -0.4 is 5.32 Å². The van der Waals surface area contributed by atoms with E-state index >= 15 is 0 Å². The third-order valence-electron chi connectivity index (χ3n) is 3.55. The average Bonchev–Trinajstić information content (AvgIpc) is 3.03. The molecule has 0 atom stereocenters. The van der Waals surface area contributed by atoms with Crippen LogP contribution in [0, 0.1) is 0 Å². The summed E-state index contributed by atoms with van der Waals surface area (Å²) in [6, 6.07) is 5.55. The molecule has 0 radical (unpaired) electrons. The number of thioether (sulfide) groups is 1. The largest absolute Gasteiger partial charge is 0.378 e. The second-order valence-electron chi connectivity index (χ2n) is 5.21. The maximum Gasteiger partial charge on any atom is 0.234 e. The lowest BCUT2D eigenvalue weighted by Crippen LogP contribution is -2.41. The molecule has 1 aromatic heterocycles. The predicted molar refractivity (Wildman–Crippen MR) is 89.4 cm³/mol. The van der Waals surface area contributed by atoms with Crippen molar-refractivity contribution >= 4 is 40.2 Å². The summed E-state index contributed by atoms with van der Waals surface area (Å²) in [5.41, 5.74) is 1.65. The Labute approximate surface area is 137 Å². The lowest BCUT2D eigenvalue weighted by Gasteiger charge is -2.26. The Kier molecular flexibility index (Phi) is 5.14. The number of aromatic amines is 1. The minimum Gasteiger partial charge on any atom is -0.378 e. The van der Waals surface area contributed by atoms with Crippen molar-refractivity contribution in [3.63, 3.8) is 0 Å². The highest BCUT2D eigenvalue weighted by molar-refractivity contribution is 8.00. The smallest absolute Gasteiger partial charge is 0.234 e. The van der Waals surface area contributed by atoms with E-state index in [9.17, 15) is 9.59 Å². The third-order valence-corrected chi connectivity index (χ3v) is 4.46. The van der Waals surface area contributed by atoms with Crippen LogP contribution in [0.1, 0.15) is 0 Å². The number of aromatic nitrogens is 2. The topological polar surface area (TPSA) is 87.3 Å². The zero-order chi connectivity index (χ0) is 16.1.